The van der Waals surface area contributed by atoms with Gasteiger partial charge in [-0.3, -0.25) is 4.79 Å². The van der Waals surface area contributed by atoms with Gasteiger partial charge in [0.2, 0.25) is 15.9 Å². The van der Waals surface area contributed by atoms with Gasteiger partial charge in [0.1, 0.15) is 0 Å². The maximum atomic E-state index is 12.5. The highest BCUT2D eigenvalue weighted by molar-refractivity contribution is 7.89. The van der Waals surface area contributed by atoms with Crippen LogP contribution >= 0.6 is 11.6 Å². The number of carbonyl (C=O) groups is 1. The second kappa shape index (κ2) is 7.42. The van der Waals surface area contributed by atoms with E-state index in [4.69, 9.17) is 11.6 Å². The van der Waals surface area contributed by atoms with Gasteiger partial charge in [0.25, 0.3) is 0 Å². The molecule has 1 aliphatic heterocycles. The molecule has 0 aromatic heterocycles. The molecule has 1 aromatic rings. The Morgan fingerprint density at radius 1 is 1.17 bits per heavy atom. The predicted octanol–water partition coefficient (Wildman–Crippen LogP) is 2.80. The van der Waals surface area contributed by atoms with Crippen molar-refractivity contribution in [1.82, 2.24) is 9.62 Å². The van der Waals surface area contributed by atoms with E-state index in [2.05, 4.69) is 4.72 Å². The van der Waals surface area contributed by atoms with Gasteiger partial charge in [-0.25, -0.2) is 13.1 Å². The third-order valence-electron chi connectivity index (χ3n) is 5.07. The van der Waals surface area contributed by atoms with Crippen molar-refractivity contribution in [3.8, 4) is 0 Å². The van der Waals surface area contributed by atoms with Crippen LogP contribution in [-0.4, -0.2) is 38.4 Å². The Morgan fingerprint density at radius 3 is 2.62 bits per heavy atom. The smallest absolute Gasteiger partial charge is 0.240 e. The van der Waals surface area contributed by atoms with Crippen LogP contribution in [0.5, 0.6) is 0 Å². The monoisotopic (exact) mass is 370 g/mol. The number of likely N-dealkylation sites (tertiary alicyclic amines) is 1. The van der Waals surface area contributed by atoms with E-state index in [9.17, 15) is 13.2 Å². The first-order chi connectivity index (χ1) is 11.5. The fourth-order valence-electron chi connectivity index (χ4n) is 3.90. The van der Waals surface area contributed by atoms with Crippen LogP contribution in [0, 0.1) is 5.92 Å². The van der Waals surface area contributed by atoms with Gasteiger partial charge in [0, 0.05) is 30.6 Å². The fourth-order valence-corrected chi connectivity index (χ4v) is 5.05. The molecule has 132 valence electrons. The van der Waals surface area contributed by atoms with Gasteiger partial charge >= 0.3 is 0 Å². The number of nitrogens with one attached hydrogen (secondary N) is 1. The van der Waals surface area contributed by atoms with E-state index in [0.29, 0.717) is 17.0 Å². The molecule has 0 spiro atoms. The first-order valence-electron chi connectivity index (χ1n) is 8.52. The van der Waals surface area contributed by atoms with Gasteiger partial charge in [-0.05, 0) is 55.9 Å². The van der Waals surface area contributed by atoms with Gasteiger partial charge in [0.05, 0.1) is 4.90 Å². The third-order valence-corrected chi connectivity index (χ3v) is 6.80. The van der Waals surface area contributed by atoms with E-state index in [1.54, 1.807) is 0 Å². The molecule has 1 saturated heterocycles. The van der Waals surface area contributed by atoms with E-state index in [0.717, 1.165) is 19.4 Å². The van der Waals surface area contributed by atoms with Crippen molar-refractivity contribution in [2.75, 3.05) is 13.1 Å². The highest BCUT2D eigenvalue weighted by Gasteiger charge is 2.36. The number of benzene rings is 1. The molecule has 0 unspecified atom stereocenters. The second-order valence-electron chi connectivity index (χ2n) is 6.59. The van der Waals surface area contributed by atoms with Crippen molar-refractivity contribution in [3.05, 3.63) is 29.3 Å². The summed E-state index contributed by atoms with van der Waals surface area (Å²) in [4.78, 5) is 14.6. The van der Waals surface area contributed by atoms with Crippen LogP contribution in [0.15, 0.2) is 29.2 Å². The molecular weight excluding hydrogens is 348 g/mol. The van der Waals surface area contributed by atoms with Gasteiger partial charge < -0.3 is 4.90 Å². The number of piperidine rings is 1. The maximum Gasteiger partial charge on any atom is 0.240 e. The molecule has 1 N–H and O–H groups in total. The van der Waals surface area contributed by atoms with Crippen molar-refractivity contribution < 1.29 is 13.2 Å². The normalized spacial score (nSPS) is 24.0. The Kier molecular flexibility index (Phi) is 5.47. The van der Waals surface area contributed by atoms with Gasteiger partial charge in [0.15, 0.2) is 0 Å². The van der Waals surface area contributed by atoms with E-state index in [1.165, 1.54) is 43.5 Å². The van der Waals surface area contributed by atoms with Crippen LogP contribution in [0.4, 0.5) is 0 Å². The molecule has 0 bridgehead atoms. The number of amides is 1. The van der Waals surface area contributed by atoms with Crippen molar-refractivity contribution in [3.63, 3.8) is 0 Å². The third kappa shape index (κ3) is 3.92. The lowest BCUT2D eigenvalue weighted by atomic mass is 9.92. The van der Waals surface area contributed by atoms with Gasteiger partial charge in [-0.2, -0.15) is 0 Å². The summed E-state index contributed by atoms with van der Waals surface area (Å²) in [5.74, 6) is 0.707. The summed E-state index contributed by atoms with van der Waals surface area (Å²) in [5, 5.41) is 0.486. The Morgan fingerprint density at radius 2 is 1.88 bits per heavy atom. The molecule has 5 nitrogen and oxygen atoms in total. The van der Waals surface area contributed by atoms with Crippen LogP contribution in [0.2, 0.25) is 5.02 Å². The number of fused-ring (bicyclic) bond motifs is 1. The van der Waals surface area contributed by atoms with Crippen molar-refractivity contribution in [1.29, 1.82) is 0 Å². The average molecular weight is 371 g/mol. The minimum absolute atomic E-state index is 0.0606. The van der Waals surface area contributed by atoms with E-state index >= 15 is 0 Å². The minimum atomic E-state index is -3.60. The lowest BCUT2D eigenvalue weighted by Gasteiger charge is -2.38. The maximum absolute atomic E-state index is 12.5. The molecule has 1 aromatic carbocycles. The standard InChI is InChI=1S/C17H23ClN2O3S/c18-14-6-8-15(9-7-14)24(22,23)19-11-10-17(21)20-12-2-4-13-3-1-5-16(13)20/h6-9,13,16,19H,1-5,10-12H2/t13-,16+/m1/s1. The Balaban J connectivity index is 1.54. The summed E-state index contributed by atoms with van der Waals surface area (Å²) in [6.07, 6.45) is 5.99. The molecule has 0 radical (unpaired) electrons. The molecule has 1 saturated carbocycles. The van der Waals surface area contributed by atoms with Crippen LogP contribution in [0.3, 0.4) is 0 Å². The number of rotatable bonds is 5. The summed E-state index contributed by atoms with van der Waals surface area (Å²) >= 11 is 5.77. The molecule has 2 aliphatic rings. The average Bonchev–Trinajstić information content (AvgIpc) is 3.03. The van der Waals surface area contributed by atoms with Crippen molar-refractivity contribution in [2.24, 2.45) is 5.92 Å². The van der Waals surface area contributed by atoms with Crippen LogP contribution in [0.25, 0.3) is 0 Å². The summed E-state index contributed by atoms with van der Waals surface area (Å²) < 4.78 is 26.9. The zero-order chi connectivity index (χ0) is 17.2. The number of hydrogen-bond acceptors (Lipinski definition) is 3. The number of carbonyl (C=O) groups excluding carboxylic acids is 1. The summed E-state index contributed by atoms with van der Waals surface area (Å²) in [6, 6.07) is 6.37. The zero-order valence-corrected chi connectivity index (χ0v) is 15.2. The molecular formula is C17H23ClN2O3S. The van der Waals surface area contributed by atoms with Gasteiger partial charge in [-0.1, -0.05) is 18.0 Å². The van der Waals surface area contributed by atoms with Crippen LogP contribution in [0.1, 0.15) is 38.5 Å². The molecule has 1 amide bonds. The van der Waals surface area contributed by atoms with Gasteiger partial charge in [-0.15, -0.1) is 0 Å². The lowest BCUT2D eigenvalue weighted by Crippen LogP contribution is -2.47. The predicted molar refractivity (Wildman–Crippen MR) is 93.3 cm³/mol. The van der Waals surface area contributed by atoms with Crippen molar-refractivity contribution in [2.45, 2.75) is 49.5 Å². The summed E-state index contributed by atoms with van der Waals surface area (Å²) in [7, 11) is -3.60. The first-order valence-corrected chi connectivity index (χ1v) is 10.4. The highest BCUT2D eigenvalue weighted by atomic mass is 35.5. The zero-order valence-electron chi connectivity index (χ0n) is 13.6. The number of sulfonamides is 1. The van der Waals surface area contributed by atoms with E-state index in [-0.39, 0.29) is 23.8 Å². The highest BCUT2D eigenvalue weighted by Crippen LogP contribution is 2.36. The fraction of sp³-hybridized carbons (Fsp3) is 0.588. The minimum Gasteiger partial charge on any atom is -0.339 e. The molecule has 2 fully saturated rings. The van der Waals surface area contributed by atoms with Crippen LogP contribution in [-0.2, 0) is 14.8 Å². The lowest BCUT2D eigenvalue weighted by molar-refractivity contribution is -0.135. The molecule has 24 heavy (non-hydrogen) atoms. The largest absolute Gasteiger partial charge is 0.339 e. The number of nitrogens with zero attached hydrogens (tertiary/aromatic N) is 1. The SMILES string of the molecule is O=C(CCNS(=O)(=O)c1ccc(Cl)cc1)N1CCC[C@H]2CCC[C@@H]21. The molecule has 2 atom stereocenters. The quantitative estimate of drug-likeness (QED) is 0.866. The number of hydrogen-bond donors (Lipinski definition) is 1. The summed E-state index contributed by atoms with van der Waals surface area (Å²) in [5.41, 5.74) is 0. The Labute approximate surface area is 148 Å². The molecule has 1 heterocycles. The Hall–Kier alpha value is -1.11. The molecule has 3 rings (SSSR count). The Bertz CT molecular complexity index is 690. The number of halogens is 1. The van der Waals surface area contributed by atoms with Crippen LogP contribution < -0.4 is 4.72 Å². The van der Waals surface area contributed by atoms with Crippen molar-refractivity contribution >= 4 is 27.5 Å². The first kappa shape index (κ1) is 17.7. The molecule has 7 heteroatoms. The second-order valence-corrected chi connectivity index (χ2v) is 8.79. The van der Waals surface area contributed by atoms with E-state index in [1.807, 2.05) is 4.90 Å². The van der Waals surface area contributed by atoms with E-state index < -0.39 is 10.0 Å². The molecule has 1 aliphatic carbocycles. The summed E-state index contributed by atoms with van der Waals surface area (Å²) in [6.45, 7) is 0.932. The topological polar surface area (TPSA) is 66.5 Å².